The molecule has 0 aromatic heterocycles. The quantitative estimate of drug-likeness (QED) is 0.806. The third kappa shape index (κ3) is 5.02. The Morgan fingerprint density at radius 1 is 1.30 bits per heavy atom. The van der Waals surface area contributed by atoms with Gasteiger partial charge in [-0.1, -0.05) is 11.6 Å². The number of halogens is 1. The molecule has 1 heterocycles. The topological polar surface area (TPSA) is 40.0 Å². The lowest BCUT2D eigenvalue weighted by Gasteiger charge is -2.18. The zero-order valence-corrected chi connectivity index (χ0v) is 12.5. The Hall–Kier alpha value is -1.26. The van der Waals surface area contributed by atoms with E-state index in [9.17, 15) is 4.79 Å². The number of hydrogen-bond acceptors (Lipinski definition) is 3. The number of carbonyl (C=O) groups excluding carboxylic acids is 1. The molecule has 110 valence electrons. The van der Waals surface area contributed by atoms with Gasteiger partial charge in [0, 0.05) is 17.9 Å². The summed E-state index contributed by atoms with van der Waals surface area (Å²) in [7, 11) is 0. The molecule has 0 aliphatic carbocycles. The summed E-state index contributed by atoms with van der Waals surface area (Å²) in [6, 6.07) is 6.91. The van der Waals surface area contributed by atoms with Crippen molar-refractivity contribution < 1.29 is 19.2 Å². The van der Waals surface area contributed by atoms with E-state index in [0.717, 1.165) is 6.54 Å². The Kier molecular flexibility index (Phi) is 5.68. The van der Waals surface area contributed by atoms with E-state index in [4.69, 9.17) is 21.1 Å². The highest BCUT2D eigenvalue weighted by molar-refractivity contribution is 6.30. The van der Waals surface area contributed by atoms with E-state index in [2.05, 4.69) is 0 Å². The normalized spacial score (nSPS) is 16.9. The highest BCUT2D eigenvalue weighted by Crippen LogP contribution is 2.15. The van der Waals surface area contributed by atoms with Crippen LogP contribution in [0.15, 0.2) is 24.3 Å². The van der Waals surface area contributed by atoms with Crippen LogP contribution < -0.4 is 9.64 Å². The number of esters is 1. The highest BCUT2D eigenvalue weighted by Gasteiger charge is 2.20. The number of hydrogen-bond donors (Lipinski definition) is 1. The molecule has 0 unspecified atom stereocenters. The Labute approximate surface area is 124 Å². The first-order valence-electron chi connectivity index (χ1n) is 7.05. The van der Waals surface area contributed by atoms with E-state index in [1.54, 1.807) is 24.3 Å². The molecule has 0 amide bonds. The van der Waals surface area contributed by atoms with Crippen LogP contribution in [-0.4, -0.2) is 38.3 Å². The largest absolute Gasteiger partial charge is 0.482 e. The monoisotopic (exact) mass is 298 g/mol. The summed E-state index contributed by atoms with van der Waals surface area (Å²) in [5.74, 6) is 0.287. The number of rotatable bonds is 6. The van der Waals surface area contributed by atoms with Gasteiger partial charge in [-0.05, 0) is 31.2 Å². The molecule has 1 fully saturated rings. The maximum Gasteiger partial charge on any atom is 0.344 e. The number of nitrogens with one attached hydrogen (secondary N) is 1. The summed E-state index contributed by atoms with van der Waals surface area (Å²) in [5, 5.41) is 0.641. The van der Waals surface area contributed by atoms with Gasteiger partial charge in [-0.2, -0.15) is 0 Å². The molecular weight excluding hydrogens is 278 g/mol. The number of quaternary nitrogens is 1. The zero-order chi connectivity index (χ0) is 14.4. The molecule has 2 rings (SSSR count). The summed E-state index contributed by atoms with van der Waals surface area (Å²) >= 11 is 5.77. The molecule has 0 radical (unpaired) electrons. The lowest BCUT2D eigenvalue weighted by molar-refractivity contribution is -0.890. The van der Waals surface area contributed by atoms with Crippen molar-refractivity contribution in [3.05, 3.63) is 29.3 Å². The zero-order valence-electron chi connectivity index (χ0n) is 11.7. The molecule has 1 aromatic rings. The summed E-state index contributed by atoms with van der Waals surface area (Å²) in [6.45, 7) is 5.12. The minimum atomic E-state index is -0.328. The molecule has 0 bridgehead atoms. The Balaban J connectivity index is 1.67. The minimum absolute atomic E-state index is 0.0654. The number of carbonyl (C=O) groups is 1. The van der Waals surface area contributed by atoms with Crippen molar-refractivity contribution in [2.24, 2.45) is 0 Å². The first kappa shape index (κ1) is 15.1. The van der Waals surface area contributed by atoms with Crippen molar-refractivity contribution >= 4 is 17.6 Å². The van der Waals surface area contributed by atoms with Crippen molar-refractivity contribution in [3.8, 4) is 5.75 Å². The fourth-order valence-electron chi connectivity index (χ4n) is 2.46. The van der Waals surface area contributed by atoms with Gasteiger partial charge in [-0.25, -0.2) is 4.79 Å². The van der Waals surface area contributed by atoms with Crippen molar-refractivity contribution in [1.29, 1.82) is 0 Å². The van der Waals surface area contributed by atoms with Crippen LogP contribution in [0.5, 0.6) is 5.75 Å². The number of likely N-dealkylation sites (tertiary alicyclic amines) is 1. The van der Waals surface area contributed by atoms with E-state index < -0.39 is 0 Å². The summed E-state index contributed by atoms with van der Waals surface area (Å²) < 4.78 is 10.7. The van der Waals surface area contributed by atoms with Gasteiger partial charge in [0.25, 0.3) is 0 Å². The fraction of sp³-hybridized carbons (Fsp3) is 0.533. The number of ether oxygens (including phenoxy) is 2. The molecule has 1 N–H and O–H groups in total. The summed E-state index contributed by atoms with van der Waals surface area (Å²) in [4.78, 5) is 13.2. The smallest absolute Gasteiger partial charge is 0.344 e. The fourth-order valence-corrected chi connectivity index (χ4v) is 2.58. The van der Waals surface area contributed by atoms with Gasteiger partial charge >= 0.3 is 5.97 Å². The molecule has 0 spiro atoms. The van der Waals surface area contributed by atoms with Crippen LogP contribution in [0.3, 0.4) is 0 Å². The SMILES string of the molecule is C[C@@H](C[NH+]1CCCC1)OC(=O)COc1ccc(Cl)cc1. The second-order valence-electron chi connectivity index (χ2n) is 5.20. The van der Waals surface area contributed by atoms with Crippen molar-refractivity contribution in [2.75, 3.05) is 26.2 Å². The maximum absolute atomic E-state index is 11.7. The van der Waals surface area contributed by atoms with E-state index in [1.165, 1.54) is 30.8 Å². The van der Waals surface area contributed by atoms with Gasteiger partial charge in [-0.3, -0.25) is 0 Å². The molecule has 1 atom stereocenters. The van der Waals surface area contributed by atoms with Crippen LogP contribution >= 0.6 is 11.6 Å². The lowest BCUT2D eigenvalue weighted by atomic mass is 10.3. The molecule has 0 saturated carbocycles. The number of benzene rings is 1. The molecule has 5 heteroatoms. The average Bonchev–Trinajstić information content (AvgIpc) is 2.90. The first-order valence-corrected chi connectivity index (χ1v) is 7.42. The summed E-state index contributed by atoms with van der Waals surface area (Å²) in [6.07, 6.45) is 2.48. The molecule has 4 nitrogen and oxygen atoms in total. The van der Waals surface area contributed by atoms with E-state index in [0.29, 0.717) is 10.8 Å². The molecule has 20 heavy (non-hydrogen) atoms. The second-order valence-corrected chi connectivity index (χ2v) is 5.64. The van der Waals surface area contributed by atoms with Gasteiger partial charge in [0.05, 0.1) is 13.1 Å². The van der Waals surface area contributed by atoms with Crippen LogP contribution in [0.2, 0.25) is 5.02 Å². The van der Waals surface area contributed by atoms with Gasteiger partial charge in [0.15, 0.2) is 6.61 Å². The lowest BCUT2D eigenvalue weighted by Crippen LogP contribution is -3.11. The van der Waals surface area contributed by atoms with Crippen LogP contribution in [0.25, 0.3) is 0 Å². The van der Waals surface area contributed by atoms with Crippen molar-refractivity contribution in [3.63, 3.8) is 0 Å². The van der Waals surface area contributed by atoms with Crippen LogP contribution in [0.1, 0.15) is 19.8 Å². The highest BCUT2D eigenvalue weighted by atomic mass is 35.5. The summed E-state index contributed by atoms with van der Waals surface area (Å²) in [5.41, 5.74) is 0. The van der Waals surface area contributed by atoms with Crippen molar-refractivity contribution in [1.82, 2.24) is 0 Å². The molecule has 1 saturated heterocycles. The predicted molar refractivity (Wildman–Crippen MR) is 77.3 cm³/mol. The van der Waals surface area contributed by atoms with Gasteiger partial charge in [0.1, 0.15) is 18.4 Å². The Bertz CT molecular complexity index is 429. The maximum atomic E-state index is 11.7. The van der Waals surface area contributed by atoms with Gasteiger partial charge in [-0.15, -0.1) is 0 Å². The Morgan fingerprint density at radius 2 is 1.95 bits per heavy atom. The van der Waals surface area contributed by atoms with Gasteiger partial charge < -0.3 is 14.4 Å². The predicted octanol–water partition coefficient (Wildman–Crippen LogP) is 1.33. The molecule has 1 aromatic carbocycles. The van der Waals surface area contributed by atoms with Crippen LogP contribution in [0.4, 0.5) is 0 Å². The molecule has 1 aliphatic heterocycles. The average molecular weight is 299 g/mol. The van der Waals surface area contributed by atoms with E-state index in [-0.39, 0.29) is 18.7 Å². The van der Waals surface area contributed by atoms with Crippen LogP contribution in [0, 0.1) is 0 Å². The van der Waals surface area contributed by atoms with Crippen molar-refractivity contribution in [2.45, 2.75) is 25.9 Å². The molecule has 1 aliphatic rings. The second kappa shape index (κ2) is 7.50. The third-order valence-electron chi connectivity index (χ3n) is 3.39. The third-order valence-corrected chi connectivity index (χ3v) is 3.64. The standard InChI is InChI=1S/C15H20ClNO3/c1-12(10-17-8-2-3-9-17)20-15(18)11-19-14-6-4-13(16)5-7-14/h4-7,12H,2-3,8-11H2,1H3/p+1/t12-/m0/s1. The molecular formula is C15H21ClNO3+. The van der Waals surface area contributed by atoms with Gasteiger partial charge in [0.2, 0.25) is 0 Å². The minimum Gasteiger partial charge on any atom is -0.482 e. The Morgan fingerprint density at radius 3 is 2.60 bits per heavy atom. The van der Waals surface area contributed by atoms with Crippen LogP contribution in [-0.2, 0) is 9.53 Å². The first-order chi connectivity index (χ1) is 9.63. The van der Waals surface area contributed by atoms with E-state index >= 15 is 0 Å². The van der Waals surface area contributed by atoms with E-state index in [1.807, 2.05) is 6.92 Å².